The Hall–Kier alpha value is -1.34. The molecule has 0 saturated heterocycles. The number of hydrogen-bond acceptors (Lipinski definition) is 6. The smallest absolute Gasteiger partial charge is 0.190 e. The summed E-state index contributed by atoms with van der Waals surface area (Å²) >= 11 is 5.86. The van der Waals surface area contributed by atoms with Crippen LogP contribution >= 0.6 is 11.6 Å². The second-order valence-corrected chi connectivity index (χ2v) is 10.2. The maximum Gasteiger partial charge on any atom is 0.190 e. The third kappa shape index (κ3) is 2.63. The average Bonchev–Trinajstić information content (AvgIpc) is 2.97. The number of ketones is 3. The SMILES string of the molecule is C[C@@]12C(=CC(=O)C=C1C(=O)CCl)CC[C@@H]1[C@@H]2[C@@H](O)C[C@@]2(C)[C@H]1CC[C@]2(O)C(=O)CO. The van der Waals surface area contributed by atoms with Gasteiger partial charge < -0.3 is 15.3 Å². The molecule has 0 heterocycles. The maximum absolute atomic E-state index is 12.7. The van der Waals surface area contributed by atoms with Gasteiger partial charge in [-0.3, -0.25) is 14.4 Å². The Labute approximate surface area is 181 Å². The van der Waals surface area contributed by atoms with E-state index in [1.54, 1.807) is 6.08 Å². The molecule has 0 aliphatic heterocycles. The van der Waals surface area contributed by atoms with Crippen LogP contribution in [0.3, 0.4) is 0 Å². The highest BCUT2D eigenvalue weighted by molar-refractivity contribution is 6.31. The van der Waals surface area contributed by atoms with Crippen molar-refractivity contribution >= 4 is 29.0 Å². The van der Waals surface area contributed by atoms with E-state index in [1.165, 1.54) is 6.08 Å². The number of hydrogen-bond donors (Lipinski definition) is 3. The van der Waals surface area contributed by atoms with E-state index < -0.39 is 34.9 Å². The lowest BCUT2D eigenvalue weighted by Gasteiger charge is -2.60. The first-order valence-electron chi connectivity index (χ1n) is 10.7. The van der Waals surface area contributed by atoms with Crippen LogP contribution in [0.2, 0.25) is 0 Å². The summed E-state index contributed by atoms with van der Waals surface area (Å²) in [7, 11) is 0. The van der Waals surface area contributed by atoms with E-state index in [2.05, 4.69) is 0 Å². The third-order valence-electron chi connectivity index (χ3n) is 8.88. The van der Waals surface area contributed by atoms with E-state index in [0.717, 1.165) is 5.57 Å². The van der Waals surface area contributed by atoms with Crippen LogP contribution in [0.15, 0.2) is 23.3 Å². The topological polar surface area (TPSA) is 112 Å². The molecule has 30 heavy (non-hydrogen) atoms. The predicted octanol–water partition coefficient (Wildman–Crippen LogP) is 1.74. The van der Waals surface area contributed by atoms with Crippen molar-refractivity contribution in [3.63, 3.8) is 0 Å². The highest BCUT2D eigenvalue weighted by Crippen LogP contribution is 2.68. The fourth-order valence-corrected chi connectivity index (χ4v) is 7.62. The van der Waals surface area contributed by atoms with Gasteiger partial charge in [0.05, 0.1) is 12.0 Å². The normalized spacial score (nSPS) is 45.1. The minimum atomic E-state index is -1.66. The van der Waals surface area contributed by atoms with Crippen molar-refractivity contribution in [1.82, 2.24) is 0 Å². The summed E-state index contributed by atoms with van der Waals surface area (Å²) < 4.78 is 0. The molecule has 164 valence electrons. The molecule has 0 spiro atoms. The fraction of sp³-hybridized carbons (Fsp3) is 0.696. The van der Waals surface area contributed by atoms with Crippen molar-refractivity contribution in [3.8, 4) is 0 Å². The van der Waals surface area contributed by atoms with Crippen LogP contribution in [-0.4, -0.2) is 56.9 Å². The lowest BCUT2D eigenvalue weighted by atomic mass is 9.44. The molecule has 7 atom stereocenters. The Kier molecular flexibility index (Phi) is 5.17. The molecule has 6 nitrogen and oxygen atoms in total. The van der Waals surface area contributed by atoms with E-state index in [4.69, 9.17) is 11.6 Å². The molecule has 7 heteroatoms. The van der Waals surface area contributed by atoms with Crippen molar-refractivity contribution in [2.24, 2.45) is 28.6 Å². The predicted molar refractivity (Wildman–Crippen MR) is 110 cm³/mol. The molecule has 3 fully saturated rings. The molecule has 0 radical (unpaired) electrons. The van der Waals surface area contributed by atoms with Gasteiger partial charge in [-0.1, -0.05) is 19.4 Å². The largest absolute Gasteiger partial charge is 0.393 e. The number of aliphatic hydroxyl groups is 3. The van der Waals surface area contributed by atoms with Gasteiger partial charge in [-0.2, -0.15) is 0 Å². The number of rotatable bonds is 4. The average molecular weight is 437 g/mol. The molecule has 0 aromatic carbocycles. The monoisotopic (exact) mass is 436 g/mol. The number of fused-ring (bicyclic) bond motifs is 5. The number of halogens is 1. The number of allylic oxidation sites excluding steroid dienone is 4. The number of alkyl halides is 1. The first-order chi connectivity index (χ1) is 14.0. The summed E-state index contributed by atoms with van der Waals surface area (Å²) in [5.74, 6) is -1.74. The number of Topliss-reactive ketones (excluding diaryl/α,β-unsaturated/α-hetero) is 2. The summed E-state index contributed by atoms with van der Waals surface area (Å²) in [5.41, 5.74) is -2.10. The highest BCUT2D eigenvalue weighted by atomic mass is 35.5. The second kappa shape index (κ2) is 7.09. The van der Waals surface area contributed by atoms with Gasteiger partial charge in [0.2, 0.25) is 0 Å². The van der Waals surface area contributed by atoms with Crippen LogP contribution in [0.5, 0.6) is 0 Å². The standard InChI is InChI=1S/C23H29ClO6/c1-21-9-17(27)20-14(15(21)5-6-23(21,30)19(29)11-25)4-3-12-7-13(26)8-16(18(28)10-24)22(12,20)2/h7-8,14-15,17,20,25,27,30H,3-6,9-11H2,1-2H3/t14-,15-,17-,20+,21-,22+,23-/m0/s1. The molecule has 0 amide bonds. The Morgan fingerprint density at radius 3 is 2.57 bits per heavy atom. The Morgan fingerprint density at radius 1 is 1.23 bits per heavy atom. The van der Waals surface area contributed by atoms with Crippen LogP contribution in [0.4, 0.5) is 0 Å². The quantitative estimate of drug-likeness (QED) is 0.579. The van der Waals surface area contributed by atoms with Gasteiger partial charge in [0.1, 0.15) is 12.2 Å². The van der Waals surface area contributed by atoms with Crippen LogP contribution in [0.25, 0.3) is 0 Å². The molecule has 3 N–H and O–H groups in total. The second-order valence-electron chi connectivity index (χ2n) is 9.89. The summed E-state index contributed by atoms with van der Waals surface area (Å²) in [6.45, 7) is 3.04. The summed E-state index contributed by atoms with van der Waals surface area (Å²) in [4.78, 5) is 37.4. The van der Waals surface area contributed by atoms with E-state index in [9.17, 15) is 29.7 Å². The Balaban J connectivity index is 1.80. The fourth-order valence-electron chi connectivity index (χ4n) is 7.48. The Morgan fingerprint density at radius 2 is 1.93 bits per heavy atom. The number of carbonyl (C=O) groups is 3. The first kappa shape index (κ1) is 21.9. The van der Waals surface area contributed by atoms with Gasteiger partial charge in [-0.25, -0.2) is 0 Å². The van der Waals surface area contributed by atoms with Crippen molar-refractivity contribution < 1.29 is 29.7 Å². The summed E-state index contributed by atoms with van der Waals surface area (Å²) in [6, 6.07) is 0. The van der Waals surface area contributed by atoms with E-state index >= 15 is 0 Å². The molecule has 0 unspecified atom stereocenters. The molecule has 4 rings (SSSR count). The minimum Gasteiger partial charge on any atom is -0.393 e. The highest BCUT2D eigenvalue weighted by Gasteiger charge is 2.68. The molecule has 4 aliphatic carbocycles. The summed E-state index contributed by atoms with van der Waals surface area (Å²) in [6.07, 6.45) is 4.46. The van der Waals surface area contributed by atoms with Crippen LogP contribution in [0, 0.1) is 28.6 Å². The van der Waals surface area contributed by atoms with Crippen molar-refractivity contribution in [1.29, 1.82) is 0 Å². The lowest BCUT2D eigenvalue weighted by molar-refractivity contribution is -0.179. The van der Waals surface area contributed by atoms with Gasteiger partial charge in [-0.05, 0) is 56.1 Å². The molecule has 0 aromatic heterocycles. The van der Waals surface area contributed by atoms with Gasteiger partial charge in [0, 0.05) is 22.3 Å². The van der Waals surface area contributed by atoms with Gasteiger partial charge >= 0.3 is 0 Å². The van der Waals surface area contributed by atoms with Gasteiger partial charge in [-0.15, -0.1) is 11.6 Å². The van der Waals surface area contributed by atoms with E-state index in [1.807, 2.05) is 13.8 Å². The van der Waals surface area contributed by atoms with Crippen molar-refractivity contribution in [2.75, 3.05) is 12.5 Å². The Bertz CT molecular complexity index is 877. The van der Waals surface area contributed by atoms with E-state index in [-0.39, 0.29) is 48.0 Å². The van der Waals surface area contributed by atoms with Gasteiger partial charge in [0.15, 0.2) is 17.3 Å². The van der Waals surface area contributed by atoms with Crippen molar-refractivity contribution in [2.45, 2.75) is 57.7 Å². The number of carbonyl (C=O) groups excluding carboxylic acids is 3. The zero-order valence-corrected chi connectivity index (χ0v) is 18.1. The zero-order chi connectivity index (χ0) is 22.1. The molecular weight excluding hydrogens is 408 g/mol. The van der Waals surface area contributed by atoms with Crippen LogP contribution in [0.1, 0.15) is 46.0 Å². The van der Waals surface area contributed by atoms with Crippen LogP contribution < -0.4 is 0 Å². The summed E-state index contributed by atoms with van der Waals surface area (Å²) in [5, 5.41) is 32.1. The molecular formula is C23H29ClO6. The van der Waals surface area contributed by atoms with Crippen LogP contribution in [-0.2, 0) is 14.4 Å². The number of aliphatic hydroxyl groups excluding tert-OH is 2. The van der Waals surface area contributed by atoms with E-state index in [0.29, 0.717) is 24.8 Å². The minimum absolute atomic E-state index is 0.0267. The zero-order valence-electron chi connectivity index (χ0n) is 17.4. The molecule has 0 bridgehead atoms. The molecule has 3 saturated carbocycles. The maximum atomic E-state index is 12.7. The molecule has 0 aromatic rings. The molecule has 4 aliphatic rings. The third-order valence-corrected chi connectivity index (χ3v) is 9.12. The van der Waals surface area contributed by atoms with Gasteiger partial charge in [0.25, 0.3) is 0 Å². The lowest BCUT2D eigenvalue weighted by Crippen LogP contribution is -2.62. The van der Waals surface area contributed by atoms with Crippen molar-refractivity contribution in [3.05, 3.63) is 23.3 Å². The first-order valence-corrected chi connectivity index (χ1v) is 11.2.